The SMILES string of the molecule is O=C(CNC1CCCCCCCCCCC1)N1CCCC1. The van der Waals surface area contributed by atoms with Crippen LogP contribution in [0.3, 0.4) is 0 Å². The van der Waals surface area contributed by atoms with E-state index < -0.39 is 0 Å². The third-order valence-corrected chi connectivity index (χ3v) is 5.11. The molecule has 0 aromatic carbocycles. The highest BCUT2D eigenvalue weighted by atomic mass is 16.2. The van der Waals surface area contributed by atoms with Crippen molar-refractivity contribution in [3.63, 3.8) is 0 Å². The lowest BCUT2D eigenvalue weighted by atomic mass is 9.98. The number of carbonyl (C=O) groups is 1. The van der Waals surface area contributed by atoms with E-state index in [0.29, 0.717) is 18.5 Å². The summed E-state index contributed by atoms with van der Waals surface area (Å²) in [5.41, 5.74) is 0. The van der Waals surface area contributed by atoms with Crippen LogP contribution in [0.2, 0.25) is 0 Å². The lowest BCUT2D eigenvalue weighted by Gasteiger charge is -2.21. The molecular formula is C18H34N2O. The number of likely N-dealkylation sites (tertiary alicyclic amines) is 1. The molecule has 0 aromatic rings. The first-order valence-corrected chi connectivity index (χ1v) is 9.37. The number of hydrogen-bond donors (Lipinski definition) is 1. The summed E-state index contributed by atoms with van der Waals surface area (Å²) in [6.07, 6.45) is 17.4. The van der Waals surface area contributed by atoms with Crippen molar-refractivity contribution in [1.82, 2.24) is 10.2 Å². The van der Waals surface area contributed by atoms with Crippen LogP contribution in [-0.2, 0) is 4.79 Å². The van der Waals surface area contributed by atoms with E-state index in [1.165, 1.54) is 83.5 Å². The Balaban J connectivity index is 1.68. The molecular weight excluding hydrogens is 260 g/mol. The number of carbonyl (C=O) groups excluding carboxylic acids is 1. The number of hydrogen-bond acceptors (Lipinski definition) is 2. The molecule has 2 fully saturated rings. The summed E-state index contributed by atoms with van der Waals surface area (Å²) in [6, 6.07) is 0.566. The van der Waals surface area contributed by atoms with Gasteiger partial charge in [-0.1, -0.05) is 57.8 Å². The van der Waals surface area contributed by atoms with E-state index in [1.54, 1.807) is 0 Å². The minimum absolute atomic E-state index is 0.318. The molecule has 1 aliphatic heterocycles. The summed E-state index contributed by atoms with van der Waals surface area (Å²) in [5.74, 6) is 0.318. The van der Waals surface area contributed by atoms with Gasteiger partial charge in [-0.3, -0.25) is 4.79 Å². The Bertz CT molecular complexity index is 275. The lowest BCUT2D eigenvalue weighted by Crippen LogP contribution is -2.40. The maximum absolute atomic E-state index is 12.1. The van der Waals surface area contributed by atoms with E-state index in [1.807, 2.05) is 4.90 Å². The zero-order valence-corrected chi connectivity index (χ0v) is 13.7. The normalized spacial score (nSPS) is 23.5. The number of nitrogens with one attached hydrogen (secondary N) is 1. The molecule has 0 spiro atoms. The van der Waals surface area contributed by atoms with Crippen molar-refractivity contribution in [3.8, 4) is 0 Å². The first-order chi connectivity index (χ1) is 10.4. The molecule has 0 radical (unpaired) electrons. The van der Waals surface area contributed by atoms with Gasteiger partial charge in [-0.05, 0) is 25.7 Å². The Morgan fingerprint density at radius 2 is 1.24 bits per heavy atom. The minimum Gasteiger partial charge on any atom is -0.342 e. The summed E-state index contributed by atoms with van der Waals surface area (Å²) in [5, 5.41) is 3.56. The molecule has 1 amide bonds. The Morgan fingerprint density at radius 1 is 0.762 bits per heavy atom. The summed E-state index contributed by atoms with van der Waals surface area (Å²) in [6.45, 7) is 2.51. The third-order valence-electron chi connectivity index (χ3n) is 5.11. The maximum atomic E-state index is 12.1. The smallest absolute Gasteiger partial charge is 0.236 e. The third kappa shape index (κ3) is 6.82. The van der Waals surface area contributed by atoms with Gasteiger partial charge >= 0.3 is 0 Å². The fourth-order valence-corrected chi connectivity index (χ4v) is 3.68. The van der Waals surface area contributed by atoms with Crippen molar-refractivity contribution in [2.75, 3.05) is 19.6 Å². The zero-order chi connectivity index (χ0) is 14.8. The molecule has 0 aromatic heterocycles. The van der Waals surface area contributed by atoms with Gasteiger partial charge in [0.05, 0.1) is 6.54 Å². The van der Waals surface area contributed by atoms with Gasteiger partial charge < -0.3 is 10.2 Å². The van der Waals surface area contributed by atoms with Gasteiger partial charge in [-0.15, -0.1) is 0 Å². The summed E-state index contributed by atoms with van der Waals surface area (Å²) in [7, 11) is 0. The molecule has 1 N–H and O–H groups in total. The van der Waals surface area contributed by atoms with Crippen molar-refractivity contribution in [2.24, 2.45) is 0 Å². The molecule has 1 saturated heterocycles. The second kappa shape index (κ2) is 10.2. The number of rotatable bonds is 3. The van der Waals surface area contributed by atoms with E-state index >= 15 is 0 Å². The van der Waals surface area contributed by atoms with Crippen LogP contribution in [0, 0.1) is 0 Å². The van der Waals surface area contributed by atoms with E-state index in [0.717, 1.165) is 13.1 Å². The first kappa shape index (κ1) is 16.8. The first-order valence-electron chi connectivity index (χ1n) is 9.37. The van der Waals surface area contributed by atoms with E-state index in [9.17, 15) is 4.79 Å². The topological polar surface area (TPSA) is 32.3 Å². The molecule has 3 heteroatoms. The summed E-state index contributed by atoms with van der Waals surface area (Å²) >= 11 is 0. The highest BCUT2D eigenvalue weighted by molar-refractivity contribution is 5.78. The van der Waals surface area contributed by atoms with Crippen LogP contribution in [-0.4, -0.2) is 36.5 Å². The van der Waals surface area contributed by atoms with Gasteiger partial charge in [0.2, 0.25) is 5.91 Å². The average molecular weight is 294 g/mol. The molecule has 3 nitrogen and oxygen atoms in total. The van der Waals surface area contributed by atoms with Crippen molar-refractivity contribution in [2.45, 2.75) is 89.5 Å². The van der Waals surface area contributed by atoms with E-state index in [4.69, 9.17) is 0 Å². The molecule has 1 heterocycles. The second-order valence-corrected chi connectivity index (χ2v) is 6.93. The largest absolute Gasteiger partial charge is 0.342 e. The Labute approximate surface area is 130 Å². The fourth-order valence-electron chi connectivity index (χ4n) is 3.68. The Morgan fingerprint density at radius 3 is 1.76 bits per heavy atom. The van der Waals surface area contributed by atoms with E-state index in [2.05, 4.69) is 5.32 Å². The monoisotopic (exact) mass is 294 g/mol. The molecule has 1 aliphatic carbocycles. The number of amides is 1. The quantitative estimate of drug-likeness (QED) is 0.857. The molecule has 21 heavy (non-hydrogen) atoms. The van der Waals surface area contributed by atoms with Crippen molar-refractivity contribution in [1.29, 1.82) is 0 Å². The van der Waals surface area contributed by atoms with Crippen LogP contribution in [0.4, 0.5) is 0 Å². The highest BCUT2D eigenvalue weighted by Gasteiger charge is 2.18. The van der Waals surface area contributed by atoms with Crippen LogP contribution in [0.1, 0.15) is 83.5 Å². The van der Waals surface area contributed by atoms with Gasteiger partial charge in [0.1, 0.15) is 0 Å². The van der Waals surface area contributed by atoms with Crippen LogP contribution in [0.25, 0.3) is 0 Å². The van der Waals surface area contributed by atoms with Crippen molar-refractivity contribution in [3.05, 3.63) is 0 Å². The molecule has 122 valence electrons. The molecule has 0 unspecified atom stereocenters. The molecule has 1 saturated carbocycles. The molecule has 0 atom stereocenters. The predicted molar refractivity (Wildman–Crippen MR) is 88.4 cm³/mol. The van der Waals surface area contributed by atoms with Gasteiger partial charge in [0.25, 0.3) is 0 Å². The minimum atomic E-state index is 0.318. The Hall–Kier alpha value is -0.570. The summed E-state index contributed by atoms with van der Waals surface area (Å²) < 4.78 is 0. The average Bonchev–Trinajstić information content (AvgIpc) is 3.01. The molecule has 2 aliphatic rings. The van der Waals surface area contributed by atoms with Gasteiger partial charge in [0, 0.05) is 19.1 Å². The van der Waals surface area contributed by atoms with Gasteiger partial charge in [0.15, 0.2) is 0 Å². The van der Waals surface area contributed by atoms with E-state index in [-0.39, 0.29) is 0 Å². The maximum Gasteiger partial charge on any atom is 0.236 e. The van der Waals surface area contributed by atoms with Crippen LogP contribution in [0.5, 0.6) is 0 Å². The Kier molecular flexibility index (Phi) is 8.16. The van der Waals surface area contributed by atoms with Crippen LogP contribution >= 0.6 is 0 Å². The van der Waals surface area contributed by atoms with Gasteiger partial charge in [-0.25, -0.2) is 0 Å². The standard InChI is InChI=1S/C18H34N2O/c21-18(20-14-10-11-15-20)16-19-17-12-8-6-4-2-1-3-5-7-9-13-17/h17,19H,1-16H2. The number of nitrogens with zero attached hydrogens (tertiary/aromatic N) is 1. The second-order valence-electron chi connectivity index (χ2n) is 6.93. The van der Waals surface area contributed by atoms with Crippen molar-refractivity contribution >= 4 is 5.91 Å². The van der Waals surface area contributed by atoms with Gasteiger partial charge in [-0.2, -0.15) is 0 Å². The predicted octanol–water partition coefficient (Wildman–Crippen LogP) is 3.87. The lowest BCUT2D eigenvalue weighted by molar-refractivity contribution is -0.129. The zero-order valence-electron chi connectivity index (χ0n) is 13.7. The molecule has 0 bridgehead atoms. The van der Waals surface area contributed by atoms with Crippen LogP contribution < -0.4 is 5.32 Å². The molecule has 2 rings (SSSR count). The highest BCUT2D eigenvalue weighted by Crippen LogP contribution is 2.17. The summed E-state index contributed by atoms with van der Waals surface area (Å²) in [4.78, 5) is 14.2. The fraction of sp³-hybridized carbons (Fsp3) is 0.944. The van der Waals surface area contributed by atoms with Crippen LogP contribution in [0.15, 0.2) is 0 Å². The van der Waals surface area contributed by atoms with Crippen molar-refractivity contribution < 1.29 is 4.79 Å².